The second-order valence-corrected chi connectivity index (χ2v) is 4.51. The number of para-hydroxylation sites is 1. The van der Waals surface area contributed by atoms with Crippen LogP contribution in [0.15, 0.2) is 42.5 Å². The van der Waals surface area contributed by atoms with E-state index in [1.54, 1.807) is 6.07 Å². The molecule has 0 aliphatic carbocycles. The van der Waals surface area contributed by atoms with E-state index in [0.29, 0.717) is 10.7 Å². The van der Waals surface area contributed by atoms with Gasteiger partial charge in [0.15, 0.2) is 0 Å². The lowest BCUT2D eigenvalue weighted by atomic mass is 10.1. The first kappa shape index (κ1) is 12.8. The van der Waals surface area contributed by atoms with Crippen molar-refractivity contribution in [1.82, 2.24) is 0 Å². The van der Waals surface area contributed by atoms with Crippen molar-refractivity contribution >= 4 is 40.2 Å². The fourth-order valence-corrected chi connectivity index (χ4v) is 1.89. The van der Waals surface area contributed by atoms with E-state index in [4.69, 9.17) is 29.6 Å². The molecule has 3 N–H and O–H groups in total. The van der Waals surface area contributed by atoms with Gasteiger partial charge in [-0.2, -0.15) is 0 Å². The molecule has 2 rings (SSSR count). The highest BCUT2D eigenvalue weighted by atomic mass is 35.5. The largest absolute Gasteiger partial charge is 0.389 e. The summed E-state index contributed by atoms with van der Waals surface area (Å²) >= 11 is 10.7. The van der Waals surface area contributed by atoms with Gasteiger partial charge in [0.25, 0.3) is 0 Å². The number of nitrogens with two attached hydrogens (primary N) is 1. The molecule has 0 aromatic heterocycles. The van der Waals surface area contributed by atoms with Gasteiger partial charge in [-0.25, -0.2) is 4.39 Å². The second-order valence-electron chi connectivity index (χ2n) is 3.66. The number of hydrogen-bond acceptors (Lipinski definition) is 2. The number of benzene rings is 2. The summed E-state index contributed by atoms with van der Waals surface area (Å²) in [6.07, 6.45) is 0. The molecule has 18 heavy (non-hydrogen) atoms. The summed E-state index contributed by atoms with van der Waals surface area (Å²) in [5.41, 5.74) is 7.79. The molecule has 0 unspecified atom stereocenters. The van der Waals surface area contributed by atoms with Crippen LogP contribution in [-0.2, 0) is 0 Å². The Labute approximate surface area is 115 Å². The van der Waals surface area contributed by atoms with E-state index in [0.717, 1.165) is 11.3 Å². The topological polar surface area (TPSA) is 38.0 Å². The van der Waals surface area contributed by atoms with Crippen molar-refractivity contribution in [1.29, 1.82) is 0 Å². The Kier molecular flexibility index (Phi) is 3.79. The van der Waals surface area contributed by atoms with Gasteiger partial charge in [0.05, 0.1) is 5.02 Å². The molecule has 0 aliphatic rings. The lowest BCUT2D eigenvalue weighted by Gasteiger charge is -2.11. The number of rotatable bonds is 3. The third-order valence-corrected chi connectivity index (χ3v) is 2.90. The van der Waals surface area contributed by atoms with Crippen LogP contribution in [0.5, 0.6) is 0 Å². The maximum atomic E-state index is 13.0. The molecule has 2 nitrogen and oxygen atoms in total. The molecule has 0 amide bonds. The first-order valence-corrected chi connectivity index (χ1v) is 5.97. The first-order chi connectivity index (χ1) is 8.58. The van der Waals surface area contributed by atoms with Crippen LogP contribution < -0.4 is 11.1 Å². The zero-order valence-electron chi connectivity index (χ0n) is 9.28. The van der Waals surface area contributed by atoms with Gasteiger partial charge in [-0.1, -0.05) is 36.0 Å². The molecule has 0 atom stereocenters. The van der Waals surface area contributed by atoms with Crippen LogP contribution in [0.3, 0.4) is 0 Å². The predicted octanol–water partition coefficient (Wildman–Crippen LogP) is 3.86. The molecular formula is C13H10ClFN2S. The molecule has 2 aromatic carbocycles. The first-order valence-electron chi connectivity index (χ1n) is 5.19. The molecule has 0 aliphatic heterocycles. The highest BCUT2D eigenvalue weighted by Crippen LogP contribution is 2.24. The summed E-state index contributed by atoms with van der Waals surface area (Å²) in [6.45, 7) is 0. The summed E-state index contributed by atoms with van der Waals surface area (Å²) < 4.78 is 13.0. The average molecular weight is 281 g/mol. The summed E-state index contributed by atoms with van der Waals surface area (Å²) in [7, 11) is 0. The number of halogens is 2. The Bertz CT molecular complexity index is 601. The summed E-state index contributed by atoms with van der Waals surface area (Å²) in [4.78, 5) is 0.298. The SMILES string of the molecule is NC(=S)c1ccccc1Nc1ccc(F)c(Cl)c1. The Balaban J connectivity index is 2.34. The molecule has 0 heterocycles. The molecule has 0 spiro atoms. The Morgan fingerprint density at radius 1 is 1.22 bits per heavy atom. The smallest absolute Gasteiger partial charge is 0.141 e. The fourth-order valence-electron chi connectivity index (χ4n) is 1.54. The van der Waals surface area contributed by atoms with Gasteiger partial charge < -0.3 is 11.1 Å². The molecular weight excluding hydrogens is 271 g/mol. The number of nitrogens with one attached hydrogen (secondary N) is 1. The molecule has 0 bridgehead atoms. The van der Waals surface area contributed by atoms with E-state index in [1.165, 1.54) is 12.1 Å². The monoisotopic (exact) mass is 280 g/mol. The minimum Gasteiger partial charge on any atom is -0.389 e. The summed E-state index contributed by atoms with van der Waals surface area (Å²) in [5.74, 6) is -0.454. The van der Waals surface area contributed by atoms with Crippen LogP contribution in [-0.4, -0.2) is 4.99 Å². The van der Waals surface area contributed by atoms with Crippen molar-refractivity contribution in [2.24, 2.45) is 5.73 Å². The van der Waals surface area contributed by atoms with Crippen LogP contribution in [0, 0.1) is 5.82 Å². The lowest BCUT2D eigenvalue weighted by Crippen LogP contribution is -2.11. The molecule has 0 saturated heterocycles. The van der Waals surface area contributed by atoms with Gasteiger partial charge in [-0.3, -0.25) is 0 Å². The van der Waals surface area contributed by atoms with Crippen molar-refractivity contribution in [3.8, 4) is 0 Å². The average Bonchev–Trinajstić information content (AvgIpc) is 2.34. The van der Waals surface area contributed by atoms with E-state index in [9.17, 15) is 4.39 Å². The number of anilines is 2. The zero-order valence-corrected chi connectivity index (χ0v) is 10.9. The fraction of sp³-hybridized carbons (Fsp3) is 0. The Morgan fingerprint density at radius 2 is 1.94 bits per heavy atom. The van der Waals surface area contributed by atoms with E-state index >= 15 is 0 Å². The van der Waals surface area contributed by atoms with Crippen LogP contribution in [0.25, 0.3) is 0 Å². The Hall–Kier alpha value is -1.65. The highest BCUT2D eigenvalue weighted by molar-refractivity contribution is 7.80. The van der Waals surface area contributed by atoms with E-state index in [1.807, 2.05) is 24.3 Å². The van der Waals surface area contributed by atoms with Gasteiger partial charge in [0, 0.05) is 16.9 Å². The molecule has 92 valence electrons. The Morgan fingerprint density at radius 3 is 2.61 bits per heavy atom. The van der Waals surface area contributed by atoms with Crippen LogP contribution in [0.2, 0.25) is 5.02 Å². The van der Waals surface area contributed by atoms with E-state index in [-0.39, 0.29) is 5.02 Å². The molecule has 2 aromatic rings. The molecule has 5 heteroatoms. The minimum absolute atomic E-state index is 0.0628. The van der Waals surface area contributed by atoms with Crippen molar-refractivity contribution < 1.29 is 4.39 Å². The standard InChI is InChI=1S/C13H10ClFN2S/c14-10-7-8(5-6-11(10)15)17-12-4-2-1-3-9(12)13(16)18/h1-7,17H,(H2,16,18). The van der Waals surface area contributed by atoms with Crippen molar-refractivity contribution in [2.45, 2.75) is 0 Å². The maximum absolute atomic E-state index is 13.0. The van der Waals surface area contributed by atoms with Crippen molar-refractivity contribution in [3.05, 3.63) is 58.9 Å². The lowest BCUT2D eigenvalue weighted by molar-refractivity contribution is 0.628. The molecule has 0 fully saturated rings. The van der Waals surface area contributed by atoms with Gasteiger partial charge in [-0.05, 0) is 30.3 Å². The zero-order chi connectivity index (χ0) is 13.1. The quantitative estimate of drug-likeness (QED) is 0.839. The van der Waals surface area contributed by atoms with E-state index < -0.39 is 5.82 Å². The predicted molar refractivity (Wildman–Crippen MR) is 77.0 cm³/mol. The van der Waals surface area contributed by atoms with E-state index in [2.05, 4.69) is 5.32 Å². The van der Waals surface area contributed by atoms with Gasteiger partial charge in [-0.15, -0.1) is 0 Å². The third kappa shape index (κ3) is 2.78. The summed E-state index contributed by atoms with van der Waals surface area (Å²) in [6, 6.07) is 11.8. The van der Waals surface area contributed by atoms with Crippen LogP contribution >= 0.6 is 23.8 Å². The van der Waals surface area contributed by atoms with Gasteiger partial charge >= 0.3 is 0 Å². The van der Waals surface area contributed by atoms with Gasteiger partial charge in [0.1, 0.15) is 10.8 Å². The molecule has 0 saturated carbocycles. The van der Waals surface area contributed by atoms with Crippen LogP contribution in [0.4, 0.5) is 15.8 Å². The maximum Gasteiger partial charge on any atom is 0.141 e. The molecule has 0 radical (unpaired) electrons. The third-order valence-electron chi connectivity index (χ3n) is 2.39. The highest BCUT2D eigenvalue weighted by Gasteiger charge is 2.06. The van der Waals surface area contributed by atoms with Gasteiger partial charge in [0.2, 0.25) is 0 Å². The van der Waals surface area contributed by atoms with Crippen molar-refractivity contribution in [3.63, 3.8) is 0 Å². The number of thiocarbonyl (C=S) groups is 1. The number of hydrogen-bond donors (Lipinski definition) is 2. The minimum atomic E-state index is -0.454. The van der Waals surface area contributed by atoms with Crippen molar-refractivity contribution in [2.75, 3.05) is 5.32 Å². The van der Waals surface area contributed by atoms with Crippen LogP contribution in [0.1, 0.15) is 5.56 Å². The second kappa shape index (κ2) is 5.33. The normalized spacial score (nSPS) is 10.1. The summed E-state index contributed by atoms with van der Waals surface area (Å²) in [5, 5.41) is 3.17.